The molecule has 3 rings (SSSR count). The zero-order valence-electron chi connectivity index (χ0n) is 12.5. The van der Waals surface area contributed by atoms with Gasteiger partial charge in [-0.3, -0.25) is 4.90 Å². The van der Waals surface area contributed by atoms with Gasteiger partial charge in [0.15, 0.2) is 0 Å². The molecule has 1 saturated heterocycles. The summed E-state index contributed by atoms with van der Waals surface area (Å²) >= 11 is 1.79. The molecule has 4 nitrogen and oxygen atoms in total. The highest BCUT2D eigenvalue weighted by atomic mass is 32.1. The number of aromatic carboxylic acids is 1. The Hall–Kier alpha value is -1.69. The van der Waals surface area contributed by atoms with E-state index in [2.05, 4.69) is 17.9 Å². The van der Waals surface area contributed by atoms with Crippen molar-refractivity contribution in [1.82, 2.24) is 4.90 Å². The number of ether oxygens (including phenoxy) is 1. The van der Waals surface area contributed by atoms with Crippen molar-refractivity contribution in [3.05, 3.63) is 46.3 Å². The Bertz CT molecular complexity index is 657. The highest BCUT2D eigenvalue weighted by Gasteiger charge is 2.14. The van der Waals surface area contributed by atoms with E-state index in [9.17, 15) is 4.79 Å². The van der Waals surface area contributed by atoms with Gasteiger partial charge in [0.2, 0.25) is 0 Å². The van der Waals surface area contributed by atoms with Gasteiger partial charge in [0, 0.05) is 29.4 Å². The fraction of sp³-hybridized carbons (Fsp3) is 0.353. The molecule has 1 N–H and O–H groups in total. The fourth-order valence-corrected chi connectivity index (χ4v) is 3.88. The van der Waals surface area contributed by atoms with Crippen LogP contribution in [-0.4, -0.2) is 42.3 Å². The Kier molecular flexibility index (Phi) is 4.57. The monoisotopic (exact) mass is 317 g/mol. The number of carbonyl (C=O) groups is 1. The lowest BCUT2D eigenvalue weighted by atomic mass is 10.1. The quantitative estimate of drug-likeness (QED) is 0.940. The predicted molar refractivity (Wildman–Crippen MR) is 87.5 cm³/mol. The van der Waals surface area contributed by atoms with Crippen LogP contribution in [0.5, 0.6) is 0 Å². The summed E-state index contributed by atoms with van der Waals surface area (Å²) in [5.41, 5.74) is 2.66. The van der Waals surface area contributed by atoms with E-state index in [1.54, 1.807) is 23.5 Å². The molecule has 116 valence electrons. The molecule has 1 aromatic carbocycles. The van der Waals surface area contributed by atoms with E-state index in [4.69, 9.17) is 9.84 Å². The van der Waals surface area contributed by atoms with E-state index < -0.39 is 5.97 Å². The molecule has 1 aliphatic rings. The van der Waals surface area contributed by atoms with Crippen LogP contribution in [0, 0.1) is 6.92 Å². The minimum absolute atomic E-state index is 0.325. The minimum Gasteiger partial charge on any atom is -0.478 e. The van der Waals surface area contributed by atoms with Crippen LogP contribution in [0.4, 0.5) is 0 Å². The maximum atomic E-state index is 10.9. The maximum Gasteiger partial charge on any atom is 0.335 e. The van der Waals surface area contributed by atoms with Crippen molar-refractivity contribution in [3.8, 4) is 10.4 Å². The van der Waals surface area contributed by atoms with Crippen LogP contribution in [0.15, 0.2) is 30.3 Å². The van der Waals surface area contributed by atoms with E-state index in [-0.39, 0.29) is 0 Å². The average Bonchev–Trinajstić information content (AvgIpc) is 2.89. The Balaban J connectivity index is 1.77. The van der Waals surface area contributed by atoms with Crippen molar-refractivity contribution in [2.75, 3.05) is 26.3 Å². The summed E-state index contributed by atoms with van der Waals surface area (Å²) in [6, 6.07) is 9.35. The lowest BCUT2D eigenvalue weighted by Crippen LogP contribution is -2.35. The van der Waals surface area contributed by atoms with Crippen molar-refractivity contribution in [2.24, 2.45) is 0 Å². The molecule has 0 spiro atoms. The Morgan fingerprint density at radius 2 is 1.95 bits per heavy atom. The number of benzene rings is 1. The molecule has 22 heavy (non-hydrogen) atoms. The van der Waals surface area contributed by atoms with Crippen LogP contribution in [-0.2, 0) is 11.3 Å². The van der Waals surface area contributed by atoms with Crippen molar-refractivity contribution in [1.29, 1.82) is 0 Å². The molecule has 1 aliphatic heterocycles. The van der Waals surface area contributed by atoms with E-state index in [0.29, 0.717) is 5.56 Å². The van der Waals surface area contributed by atoms with E-state index in [1.807, 2.05) is 12.1 Å². The second kappa shape index (κ2) is 6.60. The molecule has 2 heterocycles. The topological polar surface area (TPSA) is 49.8 Å². The van der Waals surface area contributed by atoms with Gasteiger partial charge in [-0.15, -0.1) is 11.3 Å². The van der Waals surface area contributed by atoms with Gasteiger partial charge in [0.1, 0.15) is 0 Å². The molecular formula is C17H19NO3S. The highest BCUT2D eigenvalue weighted by molar-refractivity contribution is 7.15. The third kappa shape index (κ3) is 3.38. The Labute approximate surface area is 134 Å². The molecule has 0 amide bonds. The van der Waals surface area contributed by atoms with E-state index in [0.717, 1.165) is 38.4 Å². The first-order valence-electron chi connectivity index (χ1n) is 7.36. The molecule has 0 saturated carbocycles. The largest absolute Gasteiger partial charge is 0.478 e. The first-order chi connectivity index (χ1) is 10.6. The zero-order chi connectivity index (χ0) is 15.5. The summed E-state index contributed by atoms with van der Waals surface area (Å²) in [5.74, 6) is -0.887. The van der Waals surface area contributed by atoms with Crippen LogP contribution in [0.2, 0.25) is 0 Å². The minimum atomic E-state index is -0.887. The second-order valence-corrected chi connectivity index (χ2v) is 6.63. The van der Waals surface area contributed by atoms with Gasteiger partial charge in [-0.25, -0.2) is 4.79 Å². The van der Waals surface area contributed by atoms with E-state index >= 15 is 0 Å². The molecule has 0 unspecified atom stereocenters. The zero-order valence-corrected chi connectivity index (χ0v) is 13.4. The molecule has 0 bridgehead atoms. The van der Waals surface area contributed by atoms with Crippen molar-refractivity contribution in [3.63, 3.8) is 0 Å². The lowest BCUT2D eigenvalue weighted by Gasteiger charge is -2.25. The van der Waals surface area contributed by atoms with Crippen molar-refractivity contribution < 1.29 is 14.6 Å². The predicted octanol–water partition coefficient (Wildman–Crippen LogP) is 3.25. The van der Waals surface area contributed by atoms with Gasteiger partial charge >= 0.3 is 5.97 Å². The SMILES string of the molecule is Cc1cc(CN2CCOCC2)sc1-c1ccc(C(=O)O)cc1. The van der Waals surface area contributed by atoms with Crippen LogP contribution in [0.1, 0.15) is 20.8 Å². The number of morpholine rings is 1. The molecule has 0 radical (unpaired) electrons. The lowest BCUT2D eigenvalue weighted by molar-refractivity contribution is 0.0346. The van der Waals surface area contributed by atoms with Crippen LogP contribution >= 0.6 is 11.3 Å². The number of thiophene rings is 1. The number of nitrogens with zero attached hydrogens (tertiary/aromatic N) is 1. The number of hydrogen-bond acceptors (Lipinski definition) is 4. The molecule has 2 aromatic rings. The van der Waals surface area contributed by atoms with Gasteiger partial charge in [-0.1, -0.05) is 12.1 Å². The molecule has 0 aliphatic carbocycles. The number of aryl methyl sites for hydroxylation is 1. The maximum absolute atomic E-state index is 10.9. The summed E-state index contributed by atoms with van der Waals surface area (Å²) in [6.07, 6.45) is 0. The first kappa shape index (κ1) is 15.2. The average molecular weight is 317 g/mol. The van der Waals surface area contributed by atoms with Gasteiger partial charge in [0.25, 0.3) is 0 Å². The fourth-order valence-electron chi connectivity index (χ4n) is 2.66. The highest BCUT2D eigenvalue weighted by Crippen LogP contribution is 2.33. The van der Waals surface area contributed by atoms with Gasteiger partial charge in [-0.05, 0) is 36.2 Å². The third-order valence-corrected chi connectivity index (χ3v) is 5.12. The van der Waals surface area contributed by atoms with Gasteiger partial charge in [-0.2, -0.15) is 0 Å². The van der Waals surface area contributed by atoms with Crippen LogP contribution in [0.3, 0.4) is 0 Å². The summed E-state index contributed by atoms with van der Waals surface area (Å²) in [5, 5.41) is 8.97. The summed E-state index contributed by atoms with van der Waals surface area (Å²) in [6.45, 7) is 6.67. The molecule has 1 fully saturated rings. The number of hydrogen-bond donors (Lipinski definition) is 1. The number of rotatable bonds is 4. The Morgan fingerprint density at radius 1 is 1.27 bits per heavy atom. The normalized spacial score (nSPS) is 15.9. The van der Waals surface area contributed by atoms with Crippen molar-refractivity contribution >= 4 is 17.3 Å². The smallest absolute Gasteiger partial charge is 0.335 e. The number of carboxylic acid groups (broad SMARTS) is 1. The van der Waals surface area contributed by atoms with Crippen LogP contribution < -0.4 is 0 Å². The van der Waals surface area contributed by atoms with Crippen LogP contribution in [0.25, 0.3) is 10.4 Å². The summed E-state index contributed by atoms with van der Waals surface area (Å²) in [4.78, 5) is 15.9. The Morgan fingerprint density at radius 3 is 2.59 bits per heavy atom. The molecule has 5 heteroatoms. The third-order valence-electron chi connectivity index (χ3n) is 3.85. The van der Waals surface area contributed by atoms with E-state index in [1.165, 1.54) is 15.3 Å². The first-order valence-corrected chi connectivity index (χ1v) is 8.18. The standard InChI is InChI=1S/C17H19NO3S/c1-12-10-15(11-18-6-8-21-9-7-18)22-16(12)13-2-4-14(5-3-13)17(19)20/h2-5,10H,6-9,11H2,1H3,(H,19,20). The molecular weight excluding hydrogens is 298 g/mol. The second-order valence-electron chi connectivity index (χ2n) is 5.50. The van der Waals surface area contributed by atoms with Gasteiger partial charge < -0.3 is 9.84 Å². The molecule has 0 atom stereocenters. The van der Waals surface area contributed by atoms with Crippen molar-refractivity contribution in [2.45, 2.75) is 13.5 Å². The number of carboxylic acids is 1. The molecule has 1 aromatic heterocycles. The summed E-state index contributed by atoms with van der Waals surface area (Å²) in [7, 11) is 0. The van der Waals surface area contributed by atoms with Gasteiger partial charge in [0.05, 0.1) is 18.8 Å². The summed E-state index contributed by atoms with van der Waals surface area (Å²) < 4.78 is 5.38.